The summed E-state index contributed by atoms with van der Waals surface area (Å²) in [5.74, 6) is 0. The summed E-state index contributed by atoms with van der Waals surface area (Å²) in [7, 11) is 0. The zero-order chi connectivity index (χ0) is 14.5. The van der Waals surface area contributed by atoms with Crippen LogP contribution in [0.3, 0.4) is 0 Å². The van der Waals surface area contributed by atoms with E-state index >= 15 is 0 Å². The molecule has 1 heterocycles. The van der Waals surface area contributed by atoms with Crippen molar-refractivity contribution in [3.63, 3.8) is 0 Å². The lowest BCUT2D eigenvalue weighted by molar-refractivity contribution is 0.525. The molecule has 0 radical (unpaired) electrons. The SMILES string of the molecule is CCCNC(CC)c1ccc(-c2ccc(Br)c(Cl)c2)s1. The fourth-order valence-electron chi connectivity index (χ4n) is 2.11. The second-order valence-electron chi connectivity index (χ2n) is 4.75. The highest BCUT2D eigenvalue weighted by Crippen LogP contribution is 2.35. The van der Waals surface area contributed by atoms with Gasteiger partial charge in [0.25, 0.3) is 0 Å². The molecule has 0 aliphatic heterocycles. The average molecular weight is 373 g/mol. The highest BCUT2D eigenvalue weighted by Gasteiger charge is 2.12. The van der Waals surface area contributed by atoms with Gasteiger partial charge in [-0.1, -0.05) is 31.5 Å². The molecule has 0 saturated heterocycles. The Kier molecular flexibility index (Phi) is 6.09. The van der Waals surface area contributed by atoms with Gasteiger partial charge in [0.15, 0.2) is 0 Å². The first-order chi connectivity index (χ1) is 9.65. The summed E-state index contributed by atoms with van der Waals surface area (Å²) >= 11 is 11.5. The number of hydrogen-bond donors (Lipinski definition) is 1. The molecule has 0 amide bonds. The molecule has 1 atom stereocenters. The second-order valence-corrected chi connectivity index (χ2v) is 7.12. The fraction of sp³-hybridized carbons (Fsp3) is 0.375. The Hall–Kier alpha value is -0.350. The number of benzene rings is 1. The monoisotopic (exact) mass is 371 g/mol. The van der Waals surface area contributed by atoms with Crippen molar-refractivity contribution in [3.8, 4) is 10.4 Å². The maximum Gasteiger partial charge on any atom is 0.0554 e. The molecule has 0 aliphatic rings. The summed E-state index contributed by atoms with van der Waals surface area (Å²) in [4.78, 5) is 2.67. The van der Waals surface area contributed by atoms with Crippen molar-refractivity contribution in [1.82, 2.24) is 5.32 Å². The molecule has 20 heavy (non-hydrogen) atoms. The van der Waals surface area contributed by atoms with Crippen LogP contribution in [0.4, 0.5) is 0 Å². The van der Waals surface area contributed by atoms with Gasteiger partial charge in [0.1, 0.15) is 0 Å². The molecular formula is C16H19BrClNS. The minimum atomic E-state index is 0.458. The molecular weight excluding hydrogens is 354 g/mol. The van der Waals surface area contributed by atoms with Crippen molar-refractivity contribution in [2.75, 3.05) is 6.54 Å². The Morgan fingerprint density at radius 3 is 2.70 bits per heavy atom. The topological polar surface area (TPSA) is 12.0 Å². The van der Waals surface area contributed by atoms with Gasteiger partial charge in [-0.05, 0) is 65.1 Å². The Morgan fingerprint density at radius 1 is 1.25 bits per heavy atom. The van der Waals surface area contributed by atoms with Crippen LogP contribution in [-0.2, 0) is 0 Å². The molecule has 0 bridgehead atoms. The molecule has 0 spiro atoms. The lowest BCUT2D eigenvalue weighted by Gasteiger charge is -2.14. The molecule has 0 aliphatic carbocycles. The van der Waals surface area contributed by atoms with Crippen molar-refractivity contribution in [1.29, 1.82) is 0 Å². The third-order valence-corrected chi connectivity index (χ3v) is 5.70. The lowest BCUT2D eigenvalue weighted by atomic mass is 10.1. The minimum absolute atomic E-state index is 0.458. The second kappa shape index (κ2) is 7.60. The van der Waals surface area contributed by atoms with Gasteiger partial charge in [-0.25, -0.2) is 0 Å². The Balaban J connectivity index is 2.20. The van der Waals surface area contributed by atoms with Crippen molar-refractivity contribution < 1.29 is 0 Å². The summed E-state index contributed by atoms with van der Waals surface area (Å²) in [6.45, 7) is 5.49. The Morgan fingerprint density at radius 2 is 2.05 bits per heavy atom. The van der Waals surface area contributed by atoms with Gasteiger partial charge in [-0.15, -0.1) is 11.3 Å². The molecule has 0 fully saturated rings. The van der Waals surface area contributed by atoms with E-state index < -0.39 is 0 Å². The van der Waals surface area contributed by atoms with Gasteiger partial charge in [0.2, 0.25) is 0 Å². The molecule has 2 rings (SSSR count). The van der Waals surface area contributed by atoms with Crippen LogP contribution in [0.5, 0.6) is 0 Å². The molecule has 1 aromatic carbocycles. The predicted molar refractivity (Wildman–Crippen MR) is 93.8 cm³/mol. The first-order valence-corrected chi connectivity index (χ1v) is 8.93. The summed E-state index contributed by atoms with van der Waals surface area (Å²) in [5, 5.41) is 4.36. The molecule has 4 heteroatoms. The third-order valence-electron chi connectivity index (χ3n) is 3.22. The number of halogens is 2. The fourth-order valence-corrected chi connectivity index (χ4v) is 3.70. The highest BCUT2D eigenvalue weighted by molar-refractivity contribution is 9.10. The quantitative estimate of drug-likeness (QED) is 0.629. The van der Waals surface area contributed by atoms with E-state index in [1.807, 2.05) is 23.5 Å². The molecule has 2 aromatic rings. The first kappa shape index (κ1) is 16.0. The van der Waals surface area contributed by atoms with Crippen LogP contribution in [0.1, 0.15) is 37.6 Å². The minimum Gasteiger partial charge on any atom is -0.309 e. The van der Waals surface area contributed by atoms with E-state index in [-0.39, 0.29) is 0 Å². The lowest BCUT2D eigenvalue weighted by Crippen LogP contribution is -2.20. The van der Waals surface area contributed by atoms with E-state index in [1.54, 1.807) is 0 Å². The van der Waals surface area contributed by atoms with Crippen LogP contribution in [-0.4, -0.2) is 6.54 Å². The largest absolute Gasteiger partial charge is 0.309 e. The van der Waals surface area contributed by atoms with Crippen LogP contribution in [0.25, 0.3) is 10.4 Å². The third kappa shape index (κ3) is 3.85. The van der Waals surface area contributed by atoms with Crippen LogP contribution >= 0.6 is 38.9 Å². The molecule has 1 aromatic heterocycles. The van der Waals surface area contributed by atoms with Gasteiger partial charge < -0.3 is 5.32 Å². The summed E-state index contributed by atoms with van der Waals surface area (Å²) in [6, 6.07) is 11.0. The smallest absolute Gasteiger partial charge is 0.0554 e. The number of thiophene rings is 1. The Bertz CT molecular complexity index is 567. The van der Waals surface area contributed by atoms with Crippen LogP contribution in [0, 0.1) is 0 Å². The maximum absolute atomic E-state index is 6.17. The van der Waals surface area contributed by atoms with Gasteiger partial charge in [0.05, 0.1) is 5.02 Å². The summed E-state index contributed by atoms with van der Waals surface area (Å²) < 4.78 is 0.941. The standard InChI is InChI=1S/C16H19BrClNS/c1-3-9-19-14(4-2)16-8-7-15(20-16)11-5-6-12(17)13(18)10-11/h5-8,10,14,19H,3-4,9H2,1-2H3. The van der Waals surface area contributed by atoms with Crippen molar-refractivity contribution in [3.05, 3.63) is 44.7 Å². The van der Waals surface area contributed by atoms with E-state index in [9.17, 15) is 0 Å². The van der Waals surface area contributed by atoms with Crippen LogP contribution in [0.15, 0.2) is 34.8 Å². The van der Waals surface area contributed by atoms with Crippen LogP contribution in [0.2, 0.25) is 5.02 Å². The van der Waals surface area contributed by atoms with E-state index in [0.29, 0.717) is 6.04 Å². The maximum atomic E-state index is 6.17. The number of rotatable bonds is 6. The molecule has 1 N–H and O–H groups in total. The van der Waals surface area contributed by atoms with Gasteiger partial charge in [-0.2, -0.15) is 0 Å². The highest BCUT2D eigenvalue weighted by atomic mass is 79.9. The molecule has 1 unspecified atom stereocenters. The number of hydrogen-bond acceptors (Lipinski definition) is 2. The van der Waals surface area contributed by atoms with E-state index in [0.717, 1.165) is 28.9 Å². The first-order valence-electron chi connectivity index (χ1n) is 6.94. The molecule has 1 nitrogen and oxygen atoms in total. The zero-order valence-electron chi connectivity index (χ0n) is 11.7. The van der Waals surface area contributed by atoms with Crippen molar-refractivity contribution in [2.24, 2.45) is 0 Å². The van der Waals surface area contributed by atoms with Gasteiger partial charge >= 0.3 is 0 Å². The van der Waals surface area contributed by atoms with Crippen LogP contribution < -0.4 is 5.32 Å². The Labute approximate surface area is 138 Å². The van der Waals surface area contributed by atoms with Gasteiger partial charge in [-0.3, -0.25) is 0 Å². The van der Waals surface area contributed by atoms with E-state index in [2.05, 4.69) is 53.3 Å². The summed E-state index contributed by atoms with van der Waals surface area (Å²) in [5.41, 5.74) is 1.18. The average Bonchev–Trinajstić information content (AvgIpc) is 2.92. The van der Waals surface area contributed by atoms with E-state index in [1.165, 1.54) is 15.3 Å². The molecule has 108 valence electrons. The zero-order valence-corrected chi connectivity index (χ0v) is 14.9. The normalized spacial score (nSPS) is 12.6. The van der Waals surface area contributed by atoms with Crippen molar-refractivity contribution >= 4 is 38.9 Å². The van der Waals surface area contributed by atoms with E-state index in [4.69, 9.17) is 11.6 Å². The predicted octanol–water partition coefficient (Wildman–Crippen LogP) is 6.28. The molecule has 0 saturated carbocycles. The summed E-state index contributed by atoms with van der Waals surface area (Å²) in [6.07, 6.45) is 2.28. The van der Waals surface area contributed by atoms with Crippen molar-refractivity contribution in [2.45, 2.75) is 32.7 Å². The number of nitrogens with one attached hydrogen (secondary N) is 1. The van der Waals surface area contributed by atoms with Gasteiger partial charge in [0, 0.05) is 20.3 Å².